The number of nitrogens with one attached hydrogen (secondary N) is 1. The minimum atomic E-state index is -4.50. The van der Waals surface area contributed by atoms with Gasteiger partial charge in [0, 0.05) is 24.4 Å². The number of fused-ring (bicyclic) bond motifs is 1. The van der Waals surface area contributed by atoms with E-state index in [1.165, 1.54) is 6.07 Å². The molecule has 2 saturated heterocycles. The minimum Gasteiger partial charge on any atom is -0.396 e. The van der Waals surface area contributed by atoms with Crippen LogP contribution in [-0.4, -0.2) is 77.4 Å². The number of anilines is 2. The Morgan fingerprint density at radius 1 is 1.19 bits per heavy atom. The van der Waals surface area contributed by atoms with Gasteiger partial charge >= 0.3 is 6.18 Å². The molecule has 1 unspecified atom stereocenters. The first-order chi connectivity index (χ1) is 15.1. The fourth-order valence-electron chi connectivity index (χ4n) is 4.20. The normalized spacial score (nSPS) is 26.0. The lowest BCUT2D eigenvalue weighted by Crippen LogP contribution is -2.54. The zero-order chi connectivity index (χ0) is 23.1. The van der Waals surface area contributed by atoms with Crippen LogP contribution in [0.25, 0.3) is 10.9 Å². The second-order valence-electron chi connectivity index (χ2n) is 8.90. The van der Waals surface area contributed by atoms with E-state index in [2.05, 4.69) is 15.3 Å². The average Bonchev–Trinajstić information content (AvgIpc) is 3.18. The summed E-state index contributed by atoms with van der Waals surface area (Å²) in [6.07, 6.45) is -4.98. The lowest BCUT2D eigenvalue weighted by atomic mass is 10.0. The van der Waals surface area contributed by atoms with Gasteiger partial charge in [0.1, 0.15) is 5.82 Å². The van der Waals surface area contributed by atoms with Crippen molar-refractivity contribution in [3.63, 3.8) is 0 Å². The third-order valence-electron chi connectivity index (χ3n) is 5.74. The summed E-state index contributed by atoms with van der Waals surface area (Å²) in [5, 5.41) is 22.9. The van der Waals surface area contributed by atoms with Crippen molar-refractivity contribution < 1.29 is 32.9 Å². The number of ether oxygens (including phenoxy) is 2. The molecule has 2 aliphatic heterocycles. The van der Waals surface area contributed by atoms with Gasteiger partial charge in [-0.05, 0) is 32.0 Å². The fourth-order valence-corrected chi connectivity index (χ4v) is 4.20. The number of hydrogen-bond donors (Lipinski definition) is 3. The number of nitrogens with zero attached hydrogens (tertiary/aromatic N) is 3. The van der Waals surface area contributed by atoms with Crippen LogP contribution in [0, 0.1) is 5.92 Å². The lowest BCUT2D eigenvalue weighted by molar-refractivity contribution is -0.137. The molecule has 1 aromatic heterocycles. The van der Waals surface area contributed by atoms with Gasteiger partial charge in [0.2, 0.25) is 5.95 Å². The van der Waals surface area contributed by atoms with Crippen molar-refractivity contribution in [3.05, 3.63) is 23.8 Å². The highest BCUT2D eigenvalue weighted by Crippen LogP contribution is 2.34. The molecule has 3 atom stereocenters. The quantitative estimate of drug-likeness (QED) is 0.629. The molecular weight excluding hydrogens is 429 g/mol. The molecule has 3 N–H and O–H groups in total. The van der Waals surface area contributed by atoms with E-state index >= 15 is 0 Å². The molecule has 1 aromatic carbocycles. The maximum Gasteiger partial charge on any atom is 0.416 e. The van der Waals surface area contributed by atoms with E-state index in [-0.39, 0.29) is 36.6 Å². The summed E-state index contributed by atoms with van der Waals surface area (Å²) in [6.45, 7) is 4.89. The summed E-state index contributed by atoms with van der Waals surface area (Å²) in [6, 6.07) is 3.13. The first kappa shape index (κ1) is 23.0. The van der Waals surface area contributed by atoms with Gasteiger partial charge in [-0.3, -0.25) is 0 Å². The van der Waals surface area contributed by atoms with Crippen molar-refractivity contribution in [2.75, 3.05) is 49.7 Å². The van der Waals surface area contributed by atoms with E-state index in [1.807, 2.05) is 18.7 Å². The Bertz CT molecular complexity index is 972. The van der Waals surface area contributed by atoms with Crippen molar-refractivity contribution in [1.29, 1.82) is 0 Å². The molecule has 2 aromatic rings. The molecule has 32 heavy (non-hydrogen) atoms. The van der Waals surface area contributed by atoms with E-state index in [0.29, 0.717) is 37.5 Å². The molecule has 2 fully saturated rings. The number of benzene rings is 1. The monoisotopic (exact) mass is 456 g/mol. The van der Waals surface area contributed by atoms with Gasteiger partial charge in [0.25, 0.3) is 0 Å². The highest BCUT2D eigenvalue weighted by molar-refractivity contribution is 5.90. The van der Waals surface area contributed by atoms with E-state index < -0.39 is 23.4 Å². The van der Waals surface area contributed by atoms with Crippen LogP contribution in [0.3, 0.4) is 0 Å². The van der Waals surface area contributed by atoms with Crippen molar-refractivity contribution in [3.8, 4) is 0 Å². The number of alkyl halides is 3. The van der Waals surface area contributed by atoms with Crippen LogP contribution in [0.4, 0.5) is 24.9 Å². The van der Waals surface area contributed by atoms with Crippen LogP contribution in [0.15, 0.2) is 18.2 Å². The van der Waals surface area contributed by atoms with Gasteiger partial charge < -0.3 is 29.9 Å². The predicted octanol–water partition coefficient (Wildman–Crippen LogP) is 2.04. The Morgan fingerprint density at radius 2 is 1.97 bits per heavy atom. The minimum absolute atomic E-state index is 0.0818. The Balaban J connectivity index is 1.78. The van der Waals surface area contributed by atoms with E-state index in [4.69, 9.17) is 9.47 Å². The summed E-state index contributed by atoms with van der Waals surface area (Å²) in [4.78, 5) is 10.9. The molecule has 4 rings (SSSR count). The Hall–Kier alpha value is -2.21. The van der Waals surface area contributed by atoms with Crippen LogP contribution in [-0.2, 0) is 15.7 Å². The van der Waals surface area contributed by atoms with E-state index in [9.17, 15) is 23.4 Å². The van der Waals surface area contributed by atoms with Gasteiger partial charge in [0.15, 0.2) is 0 Å². The third kappa shape index (κ3) is 4.75. The molecular formula is C21H27F3N4O4. The molecule has 3 heterocycles. The first-order valence-corrected chi connectivity index (χ1v) is 10.5. The summed E-state index contributed by atoms with van der Waals surface area (Å²) in [5.41, 5.74) is -1.25. The maximum absolute atomic E-state index is 13.3. The zero-order valence-electron chi connectivity index (χ0n) is 17.9. The van der Waals surface area contributed by atoms with E-state index in [0.717, 1.165) is 12.1 Å². The largest absolute Gasteiger partial charge is 0.416 e. The Kier molecular flexibility index (Phi) is 6.19. The average molecular weight is 456 g/mol. The second-order valence-corrected chi connectivity index (χ2v) is 8.90. The van der Waals surface area contributed by atoms with Crippen molar-refractivity contribution in [2.45, 2.75) is 37.8 Å². The molecule has 2 aliphatic rings. The lowest BCUT2D eigenvalue weighted by Gasteiger charge is -2.42. The molecule has 0 saturated carbocycles. The van der Waals surface area contributed by atoms with Crippen LogP contribution < -0.4 is 10.2 Å². The maximum atomic E-state index is 13.3. The van der Waals surface area contributed by atoms with E-state index in [1.54, 1.807) is 0 Å². The predicted molar refractivity (Wildman–Crippen MR) is 112 cm³/mol. The molecule has 0 amide bonds. The van der Waals surface area contributed by atoms with Gasteiger partial charge in [-0.2, -0.15) is 18.2 Å². The Labute approximate surface area is 183 Å². The van der Waals surface area contributed by atoms with Gasteiger partial charge in [-0.25, -0.2) is 4.98 Å². The number of aromatic nitrogens is 2. The van der Waals surface area contributed by atoms with Crippen LogP contribution in [0.1, 0.15) is 19.4 Å². The molecule has 0 aliphatic carbocycles. The fraction of sp³-hybridized carbons (Fsp3) is 0.619. The van der Waals surface area contributed by atoms with Crippen molar-refractivity contribution >= 4 is 22.7 Å². The molecule has 11 heteroatoms. The summed E-state index contributed by atoms with van der Waals surface area (Å²) in [5.74, 6) is 0.463. The topological polar surface area (TPSA) is 100.0 Å². The van der Waals surface area contributed by atoms with Gasteiger partial charge in [-0.15, -0.1) is 0 Å². The molecule has 0 spiro atoms. The van der Waals surface area contributed by atoms with Crippen molar-refractivity contribution in [2.24, 2.45) is 5.92 Å². The molecule has 176 valence electrons. The standard InChI is InChI=1S/C21H27F3N4O4/c1-20(2)11-28(6-14(8-30)32-20)19-26-16-5-13(21(22,23)24)3-4-15(16)18(27-19)25-17-10-31-9-12(17)7-29/h3-5,12,14,17,29-30H,6-11H2,1-2H3,(H,25,26,27)/t12-,14?,17+/m0/s1. The second kappa shape index (κ2) is 8.62. The van der Waals surface area contributed by atoms with Crippen LogP contribution in [0.5, 0.6) is 0 Å². The zero-order valence-corrected chi connectivity index (χ0v) is 17.9. The molecule has 0 bridgehead atoms. The highest BCUT2D eigenvalue weighted by atomic mass is 19.4. The highest BCUT2D eigenvalue weighted by Gasteiger charge is 2.36. The summed E-state index contributed by atoms with van der Waals surface area (Å²) in [7, 11) is 0. The first-order valence-electron chi connectivity index (χ1n) is 10.5. The Morgan fingerprint density at radius 3 is 2.66 bits per heavy atom. The smallest absolute Gasteiger partial charge is 0.396 e. The number of aliphatic hydroxyl groups excluding tert-OH is 2. The van der Waals surface area contributed by atoms with Gasteiger partial charge in [-0.1, -0.05) is 0 Å². The number of halogens is 3. The van der Waals surface area contributed by atoms with Crippen LogP contribution >= 0.6 is 0 Å². The molecule has 8 nitrogen and oxygen atoms in total. The SMILES string of the molecule is CC1(C)CN(c2nc(N[C@@H]3COC[C@@H]3CO)c3ccc(C(F)(F)F)cc3n2)CC(CO)O1. The van der Waals surface area contributed by atoms with Crippen LogP contribution in [0.2, 0.25) is 0 Å². The number of rotatable bonds is 5. The van der Waals surface area contributed by atoms with Gasteiger partial charge in [0.05, 0.1) is 55.3 Å². The number of aliphatic hydroxyl groups is 2. The molecule has 0 radical (unpaired) electrons. The number of hydrogen-bond acceptors (Lipinski definition) is 8. The summed E-state index contributed by atoms with van der Waals surface area (Å²) >= 11 is 0. The third-order valence-corrected chi connectivity index (χ3v) is 5.74. The van der Waals surface area contributed by atoms with Crippen molar-refractivity contribution in [1.82, 2.24) is 9.97 Å². The number of morpholine rings is 1. The summed E-state index contributed by atoms with van der Waals surface area (Å²) < 4.78 is 51.3.